The van der Waals surface area contributed by atoms with E-state index in [4.69, 9.17) is 4.74 Å². The van der Waals surface area contributed by atoms with Gasteiger partial charge < -0.3 is 4.74 Å². The minimum atomic E-state index is -0.223. The topological polar surface area (TPSA) is 26.3 Å². The molecule has 0 radical (unpaired) electrons. The van der Waals surface area contributed by atoms with Crippen molar-refractivity contribution >= 4 is 5.97 Å². The average molecular weight is 234 g/mol. The normalized spacial score (nSPS) is 46.9. The maximum atomic E-state index is 11.6. The van der Waals surface area contributed by atoms with Gasteiger partial charge in [0.2, 0.25) is 0 Å². The van der Waals surface area contributed by atoms with E-state index in [0.29, 0.717) is 11.8 Å². The number of hydrogen-bond acceptors (Lipinski definition) is 2. The predicted octanol–water partition coefficient (Wildman–Crippen LogP) is 3.32. The zero-order valence-corrected chi connectivity index (χ0v) is 10.7. The Hall–Kier alpha value is -0.790. The van der Waals surface area contributed by atoms with Crippen molar-refractivity contribution in [2.75, 3.05) is 0 Å². The Morgan fingerprint density at radius 2 is 1.76 bits per heavy atom. The summed E-state index contributed by atoms with van der Waals surface area (Å²) in [4.78, 5) is 11.6. The second-order valence-electron chi connectivity index (χ2n) is 6.24. The van der Waals surface area contributed by atoms with Crippen molar-refractivity contribution in [2.24, 2.45) is 23.7 Å². The fourth-order valence-electron chi connectivity index (χ4n) is 5.03. The molecule has 0 atom stereocenters. The third-order valence-electron chi connectivity index (χ3n) is 5.53. The molecule has 0 saturated heterocycles. The van der Waals surface area contributed by atoms with Crippen molar-refractivity contribution in [2.45, 2.75) is 51.0 Å². The van der Waals surface area contributed by atoms with Crippen LogP contribution in [0.3, 0.4) is 0 Å². The van der Waals surface area contributed by atoms with Gasteiger partial charge in [-0.1, -0.05) is 13.5 Å². The molecular weight excluding hydrogens is 212 g/mol. The quantitative estimate of drug-likeness (QED) is 0.553. The highest BCUT2D eigenvalue weighted by atomic mass is 16.6. The summed E-state index contributed by atoms with van der Waals surface area (Å²) < 4.78 is 5.86. The van der Waals surface area contributed by atoms with Crippen molar-refractivity contribution in [3.63, 3.8) is 0 Å². The SMILES string of the molecule is C=CC(=O)OC1(CC)C2CC3CC(C2)CC1C3. The van der Waals surface area contributed by atoms with Crippen LogP contribution in [0, 0.1) is 23.7 Å². The molecule has 0 aliphatic heterocycles. The highest BCUT2D eigenvalue weighted by Gasteiger charge is 2.58. The summed E-state index contributed by atoms with van der Waals surface area (Å²) in [6.45, 7) is 5.71. The first-order chi connectivity index (χ1) is 8.18. The van der Waals surface area contributed by atoms with E-state index in [9.17, 15) is 4.79 Å². The largest absolute Gasteiger partial charge is 0.455 e. The number of ether oxygens (including phenoxy) is 1. The molecule has 4 bridgehead atoms. The van der Waals surface area contributed by atoms with Gasteiger partial charge in [0.1, 0.15) is 5.60 Å². The lowest BCUT2D eigenvalue weighted by atomic mass is 9.49. The van der Waals surface area contributed by atoms with Gasteiger partial charge in [-0.2, -0.15) is 0 Å². The van der Waals surface area contributed by atoms with E-state index in [2.05, 4.69) is 13.5 Å². The number of esters is 1. The monoisotopic (exact) mass is 234 g/mol. The predicted molar refractivity (Wildman–Crippen MR) is 66.4 cm³/mol. The third kappa shape index (κ3) is 1.56. The molecule has 0 heterocycles. The molecule has 4 rings (SSSR count). The van der Waals surface area contributed by atoms with Gasteiger partial charge >= 0.3 is 5.97 Å². The van der Waals surface area contributed by atoms with E-state index in [0.717, 1.165) is 18.3 Å². The molecule has 0 unspecified atom stereocenters. The average Bonchev–Trinajstić information content (AvgIpc) is 2.33. The van der Waals surface area contributed by atoms with Crippen LogP contribution in [0.5, 0.6) is 0 Å². The molecule has 2 heteroatoms. The van der Waals surface area contributed by atoms with Gasteiger partial charge in [-0.15, -0.1) is 0 Å². The first-order valence-electron chi connectivity index (χ1n) is 7.03. The van der Waals surface area contributed by atoms with E-state index in [1.807, 2.05) is 0 Å². The molecule has 17 heavy (non-hydrogen) atoms. The van der Waals surface area contributed by atoms with Crippen LogP contribution >= 0.6 is 0 Å². The molecular formula is C15H22O2. The van der Waals surface area contributed by atoms with E-state index >= 15 is 0 Å². The Bertz CT molecular complexity index is 317. The second kappa shape index (κ2) is 3.86. The summed E-state index contributed by atoms with van der Waals surface area (Å²) in [6.07, 6.45) is 8.86. The molecule has 4 fully saturated rings. The molecule has 0 aromatic heterocycles. The summed E-state index contributed by atoms with van der Waals surface area (Å²) >= 11 is 0. The van der Waals surface area contributed by atoms with Gasteiger partial charge in [0.15, 0.2) is 0 Å². The lowest BCUT2D eigenvalue weighted by molar-refractivity contribution is -0.206. The molecule has 4 aliphatic carbocycles. The summed E-state index contributed by atoms with van der Waals surface area (Å²) in [6, 6.07) is 0. The van der Waals surface area contributed by atoms with Crippen molar-refractivity contribution in [3.8, 4) is 0 Å². The standard InChI is InChI=1S/C15H22O2/c1-3-14(16)17-15(4-2)12-6-10-5-11(8-12)9-13(15)7-10/h3,10-13H,1,4-9H2,2H3. The lowest BCUT2D eigenvalue weighted by Gasteiger charge is -2.60. The Kier molecular flexibility index (Phi) is 2.57. The first-order valence-corrected chi connectivity index (χ1v) is 7.03. The van der Waals surface area contributed by atoms with E-state index in [1.54, 1.807) is 0 Å². The zero-order valence-electron chi connectivity index (χ0n) is 10.7. The number of carbonyl (C=O) groups is 1. The molecule has 94 valence electrons. The van der Waals surface area contributed by atoms with Crippen LogP contribution < -0.4 is 0 Å². The minimum Gasteiger partial charge on any atom is -0.455 e. The van der Waals surface area contributed by atoms with Gasteiger partial charge in [0.05, 0.1) is 0 Å². The fraction of sp³-hybridized carbons (Fsp3) is 0.800. The van der Waals surface area contributed by atoms with E-state index < -0.39 is 0 Å². The smallest absolute Gasteiger partial charge is 0.330 e. The van der Waals surface area contributed by atoms with Crippen LogP contribution in [-0.2, 0) is 9.53 Å². The second-order valence-corrected chi connectivity index (χ2v) is 6.24. The Morgan fingerprint density at radius 1 is 1.24 bits per heavy atom. The molecule has 2 nitrogen and oxygen atoms in total. The first kappa shape index (κ1) is 11.3. The van der Waals surface area contributed by atoms with Crippen LogP contribution in [-0.4, -0.2) is 11.6 Å². The maximum absolute atomic E-state index is 11.6. The molecule has 0 amide bonds. The number of carbonyl (C=O) groups excluding carboxylic acids is 1. The molecule has 0 N–H and O–H groups in total. The maximum Gasteiger partial charge on any atom is 0.330 e. The fourth-order valence-corrected chi connectivity index (χ4v) is 5.03. The number of hydrogen-bond donors (Lipinski definition) is 0. The van der Waals surface area contributed by atoms with Gasteiger partial charge in [-0.25, -0.2) is 4.79 Å². The molecule has 4 saturated carbocycles. The van der Waals surface area contributed by atoms with Crippen molar-refractivity contribution < 1.29 is 9.53 Å². The van der Waals surface area contributed by atoms with Crippen LogP contribution in [0.1, 0.15) is 45.4 Å². The van der Waals surface area contributed by atoms with E-state index in [-0.39, 0.29) is 11.6 Å². The highest BCUT2D eigenvalue weighted by Crippen LogP contribution is 2.60. The number of rotatable bonds is 3. The Labute approximate surface area is 103 Å². The van der Waals surface area contributed by atoms with E-state index in [1.165, 1.54) is 38.2 Å². The summed E-state index contributed by atoms with van der Waals surface area (Å²) in [7, 11) is 0. The summed E-state index contributed by atoms with van der Waals surface area (Å²) in [5.41, 5.74) is -0.154. The minimum absolute atomic E-state index is 0.154. The highest BCUT2D eigenvalue weighted by molar-refractivity contribution is 5.81. The third-order valence-corrected chi connectivity index (χ3v) is 5.53. The van der Waals surface area contributed by atoms with Gasteiger partial charge in [0.25, 0.3) is 0 Å². The Balaban J connectivity index is 1.88. The van der Waals surface area contributed by atoms with Gasteiger partial charge in [-0.3, -0.25) is 0 Å². The van der Waals surface area contributed by atoms with Crippen LogP contribution in [0.2, 0.25) is 0 Å². The van der Waals surface area contributed by atoms with Gasteiger partial charge in [0, 0.05) is 6.08 Å². The zero-order chi connectivity index (χ0) is 12.0. The van der Waals surface area contributed by atoms with Crippen LogP contribution in [0.15, 0.2) is 12.7 Å². The lowest BCUT2D eigenvalue weighted by Crippen LogP contribution is -2.59. The molecule has 0 aromatic carbocycles. The molecule has 0 spiro atoms. The van der Waals surface area contributed by atoms with Crippen LogP contribution in [0.4, 0.5) is 0 Å². The van der Waals surface area contributed by atoms with Crippen LogP contribution in [0.25, 0.3) is 0 Å². The summed E-state index contributed by atoms with van der Waals surface area (Å²) in [5.74, 6) is 2.85. The summed E-state index contributed by atoms with van der Waals surface area (Å²) in [5, 5.41) is 0. The molecule has 0 aromatic rings. The van der Waals surface area contributed by atoms with Crippen molar-refractivity contribution in [3.05, 3.63) is 12.7 Å². The van der Waals surface area contributed by atoms with Crippen molar-refractivity contribution in [1.29, 1.82) is 0 Å². The van der Waals surface area contributed by atoms with Gasteiger partial charge in [-0.05, 0) is 62.2 Å². The Morgan fingerprint density at radius 3 is 2.18 bits per heavy atom. The van der Waals surface area contributed by atoms with Crippen molar-refractivity contribution in [1.82, 2.24) is 0 Å². The molecule has 4 aliphatic rings.